The predicted octanol–water partition coefficient (Wildman–Crippen LogP) is 2.44. The first-order valence-electron chi connectivity index (χ1n) is 7.67. The lowest BCUT2D eigenvalue weighted by atomic mass is 10.1. The number of carbonyl (C=O) groups is 2. The highest BCUT2D eigenvalue weighted by molar-refractivity contribution is 5.93. The van der Waals surface area contributed by atoms with E-state index in [0.717, 1.165) is 0 Å². The van der Waals surface area contributed by atoms with Crippen molar-refractivity contribution in [3.05, 3.63) is 48.0 Å². The highest BCUT2D eigenvalue weighted by atomic mass is 16.5. The number of benzene rings is 2. The SMILES string of the molecule is CCOc1ccccc1OCC(=O)Nc1cc(CC(=O)O)ccc1O. The van der Waals surface area contributed by atoms with Gasteiger partial charge in [-0.05, 0) is 36.8 Å². The number of anilines is 1. The summed E-state index contributed by atoms with van der Waals surface area (Å²) in [7, 11) is 0. The Morgan fingerprint density at radius 1 is 1.08 bits per heavy atom. The van der Waals surface area contributed by atoms with Gasteiger partial charge in [0.25, 0.3) is 5.91 Å². The van der Waals surface area contributed by atoms with Crippen molar-refractivity contribution < 1.29 is 29.3 Å². The molecule has 7 nitrogen and oxygen atoms in total. The normalized spacial score (nSPS) is 10.1. The molecule has 0 heterocycles. The highest BCUT2D eigenvalue weighted by Gasteiger charge is 2.11. The standard InChI is InChI=1S/C18H19NO6/c1-2-24-15-5-3-4-6-16(15)25-11-17(21)19-13-9-12(10-18(22)23)7-8-14(13)20/h3-9,20H,2,10-11H2,1H3,(H,19,21)(H,22,23). The highest BCUT2D eigenvalue weighted by Crippen LogP contribution is 2.27. The molecule has 0 fully saturated rings. The molecule has 0 aliphatic heterocycles. The fourth-order valence-corrected chi connectivity index (χ4v) is 2.14. The number of aliphatic carboxylic acids is 1. The first kappa shape index (κ1) is 18.1. The van der Waals surface area contributed by atoms with E-state index in [1.807, 2.05) is 6.92 Å². The van der Waals surface area contributed by atoms with Crippen LogP contribution in [-0.2, 0) is 16.0 Å². The topological polar surface area (TPSA) is 105 Å². The minimum Gasteiger partial charge on any atom is -0.506 e. The van der Waals surface area contributed by atoms with Crippen molar-refractivity contribution in [3.63, 3.8) is 0 Å². The maximum Gasteiger partial charge on any atom is 0.307 e. The van der Waals surface area contributed by atoms with Gasteiger partial charge in [0.2, 0.25) is 0 Å². The molecule has 0 saturated heterocycles. The van der Waals surface area contributed by atoms with Crippen molar-refractivity contribution in [3.8, 4) is 17.2 Å². The largest absolute Gasteiger partial charge is 0.506 e. The van der Waals surface area contributed by atoms with Crippen LogP contribution in [0, 0.1) is 0 Å². The number of hydrogen-bond donors (Lipinski definition) is 3. The fourth-order valence-electron chi connectivity index (χ4n) is 2.14. The molecular formula is C18H19NO6. The quantitative estimate of drug-likeness (QED) is 0.635. The third-order valence-corrected chi connectivity index (χ3v) is 3.20. The first-order valence-corrected chi connectivity index (χ1v) is 7.67. The molecule has 0 radical (unpaired) electrons. The lowest BCUT2D eigenvalue weighted by molar-refractivity contribution is -0.136. The van der Waals surface area contributed by atoms with E-state index in [-0.39, 0.29) is 24.5 Å². The molecule has 0 aromatic heterocycles. The second-order valence-electron chi connectivity index (χ2n) is 5.14. The summed E-state index contributed by atoms with van der Waals surface area (Å²) in [6.07, 6.45) is -0.207. The maximum atomic E-state index is 12.0. The van der Waals surface area contributed by atoms with E-state index in [0.29, 0.717) is 23.7 Å². The molecule has 0 unspecified atom stereocenters. The number of para-hydroxylation sites is 2. The summed E-state index contributed by atoms with van der Waals surface area (Å²) in [5.74, 6) is -0.683. The van der Waals surface area contributed by atoms with Gasteiger partial charge in [0.05, 0.1) is 18.7 Å². The molecular weight excluding hydrogens is 326 g/mol. The molecule has 2 rings (SSSR count). The molecule has 0 aliphatic carbocycles. The Morgan fingerprint density at radius 3 is 2.40 bits per heavy atom. The molecule has 0 aliphatic rings. The number of carboxylic acids is 1. The average molecular weight is 345 g/mol. The molecule has 0 spiro atoms. The minimum absolute atomic E-state index is 0.130. The van der Waals surface area contributed by atoms with E-state index in [2.05, 4.69) is 5.32 Å². The zero-order chi connectivity index (χ0) is 18.2. The predicted molar refractivity (Wildman–Crippen MR) is 91.2 cm³/mol. The molecule has 0 atom stereocenters. The molecule has 3 N–H and O–H groups in total. The average Bonchev–Trinajstić information content (AvgIpc) is 2.57. The monoisotopic (exact) mass is 345 g/mol. The summed E-state index contributed by atoms with van der Waals surface area (Å²) < 4.78 is 10.9. The van der Waals surface area contributed by atoms with Crippen molar-refractivity contribution >= 4 is 17.6 Å². The number of rotatable bonds is 8. The van der Waals surface area contributed by atoms with E-state index in [1.54, 1.807) is 24.3 Å². The van der Waals surface area contributed by atoms with Gasteiger partial charge < -0.3 is 25.0 Å². The number of nitrogens with one attached hydrogen (secondary N) is 1. The third-order valence-electron chi connectivity index (χ3n) is 3.20. The van der Waals surface area contributed by atoms with E-state index in [9.17, 15) is 14.7 Å². The number of hydrogen-bond acceptors (Lipinski definition) is 5. The van der Waals surface area contributed by atoms with Crippen molar-refractivity contribution in [1.29, 1.82) is 0 Å². The van der Waals surface area contributed by atoms with Gasteiger partial charge in [0.1, 0.15) is 5.75 Å². The van der Waals surface area contributed by atoms with Crippen molar-refractivity contribution in [1.82, 2.24) is 0 Å². The van der Waals surface area contributed by atoms with Gasteiger partial charge in [-0.15, -0.1) is 0 Å². The summed E-state index contributed by atoms with van der Waals surface area (Å²) >= 11 is 0. The molecule has 132 valence electrons. The summed E-state index contributed by atoms with van der Waals surface area (Å²) in [5.41, 5.74) is 0.591. The maximum absolute atomic E-state index is 12.0. The zero-order valence-corrected chi connectivity index (χ0v) is 13.7. The number of amides is 1. The summed E-state index contributed by atoms with van der Waals surface area (Å²) in [6, 6.07) is 11.2. The molecule has 0 saturated carbocycles. The fraction of sp³-hybridized carbons (Fsp3) is 0.222. The van der Waals surface area contributed by atoms with Crippen LogP contribution in [0.1, 0.15) is 12.5 Å². The Hall–Kier alpha value is -3.22. The van der Waals surface area contributed by atoms with E-state index in [4.69, 9.17) is 14.6 Å². The third kappa shape index (κ3) is 5.42. The molecule has 0 bridgehead atoms. The van der Waals surface area contributed by atoms with Crippen molar-refractivity contribution in [2.45, 2.75) is 13.3 Å². The van der Waals surface area contributed by atoms with Crippen molar-refractivity contribution in [2.24, 2.45) is 0 Å². The van der Waals surface area contributed by atoms with Crippen LogP contribution in [0.15, 0.2) is 42.5 Å². The van der Waals surface area contributed by atoms with Crippen LogP contribution in [0.3, 0.4) is 0 Å². The van der Waals surface area contributed by atoms with E-state index < -0.39 is 11.9 Å². The molecule has 2 aromatic carbocycles. The Morgan fingerprint density at radius 2 is 1.76 bits per heavy atom. The first-order chi connectivity index (χ1) is 12.0. The lowest BCUT2D eigenvalue weighted by Crippen LogP contribution is -2.20. The second-order valence-corrected chi connectivity index (χ2v) is 5.14. The van der Waals surface area contributed by atoms with Gasteiger partial charge in [-0.25, -0.2) is 0 Å². The summed E-state index contributed by atoms with van der Waals surface area (Å²) in [5, 5.41) is 21.1. The lowest BCUT2D eigenvalue weighted by Gasteiger charge is -2.12. The van der Waals surface area contributed by atoms with Gasteiger partial charge in [-0.2, -0.15) is 0 Å². The van der Waals surface area contributed by atoms with Gasteiger partial charge in [0.15, 0.2) is 18.1 Å². The van der Waals surface area contributed by atoms with E-state index in [1.165, 1.54) is 18.2 Å². The minimum atomic E-state index is -1.00. The zero-order valence-electron chi connectivity index (χ0n) is 13.7. The van der Waals surface area contributed by atoms with Crippen LogP contribution in [0.2, 0.25) is 0 Å². The smallest absolute Gasteiger partial charge is 0.307 e. The van der Waals surface area contributed by atoms with Crippen LogP contribution in [0.4, 0.5) is 5.69 Å². The number of phenols is 1. The number of carbonyl (C=O) groups excluding carboxylic acids is 1. The summed E-state index contributed by atoms with van der Waals surface area (Å²) in [4.78, 5) is 22.8. The van der Waals surface area contributed by atoms with Gasteiger partial charge in [-0.1, -0.05) is 18.2 Å². The molecule has 25 heavy (non-hydrogen) atoms. The molecule has 7 heteroatoms. The van der Waals surface area contributed by atoms with Crippen LogP contribution in [-0.4, -0.2) is 35.3 Å². The van der Waals surface area contributed by atoms with Crippen LogP contribution in [0.5, 0.6) is 17.2 Å². The van der Waals surface area contributed by atoms with Gasteiger partial charge >= 0.3 is 5.97 Å². The summed E-state index contributed by atoms with van der Waals surface area (Å²) in [6.45, 7) is 2.03. The van der Waals surface area contributed by atoms with Crippen LogP contribution < -0.4 is 14.8 Å². The number of carboxylic acid groups (broad SMARTS) is 1. The number of ether oxygens (including phenoxy) is 2. The van der Waals surface area contributed by atoms with Gasteiger partial charge in [0, 0.05) is 0 Å². The second kappa shape index (κ2) is 8.58. The Kier molecular flexibility index (Phi) is 6.22. The number of aromatic hydroxyl groups is 1. The van der Waals surface area contributed by atoms with Crippen LogP contribution >= 0.6 is 0 Å². The number of phenolic OH excluding ortho intramolecular Hbond substituents is 1. The Bertz CT molecular complexity index is 759. The Balaban J connectivity index is 2.00. The van der Waals surface area contributed by atoms with Crippen molar-refractivity contribution in [2.75, 3.05) is 18.5 Å². The van der Waals surface area contributed by atoms with E-state index >= 15 is 0 Å². The van der Waals surface area contributed by atoms with Gasteiger partial charge in [-0.3, -0.25) is 9.59 Å². The molecule has 1 amide bonds. The molecule has 2 aromatic rings. The van der Waals surface area contributed by atoms with Crippen LogP contribution in [0.25, 0.3) is 0 Å². The Labute approximate surface area is 144 Å².